The van der Waals surface area contributed by atoms with Crippen molar-refractivity contribution in [2.24, 2.45) is 16.5 Å². The minimum absolute atomic E-state index is 0.0160. The molecule has 7 heteroatoms. The lowest BCUT2D eigenvalue weighted by atomic mass is 10.2. The highest BCUT2D eigenvalue weighted by molar-refractivity contribution is 5.94. The molecule has 0 radical (unpaired) electrons. The van der Waals surface area contributed by atoms with Gasteiger partial charge in [-0.1, -0.05) is 0 Å². The number of carbonyl (C=O) groups excluding carboxylic acids is 1. The molecule has 0 aliphatic carbocycles. The summed E-state index contributed by atoms with van der Waals surface area (Å²) < 4.78 is 0. The molecule has 1 aromatic rings. The predicted octanol–water partition coefficient (Wildman–Crippen LogP) is -0.120. The number of hydrogen-bond donors (Lipinski definition) is 5. The summed E-state index contributed by atoms with van der Waals surface area (Å²) in [5, 5.41) is 21.1. The first kappa shape index (κ1) is 14.6. The monoisotopic (exact) mass is 266 g/mol. The van der Waals surface area contributed by atoms with Crippen LogP contribution in [0.15, 0.2) is 23.2 Å². The molecule has 0 heterocycles. The fourth-order valence-corrected chi connectivity index (χ4v) is 1.48. The van der Waals surface area contributed by atoms with Gasteiger partial charge in [-0.15, -0.1) is 0 Å². The number of aliphatic imine (C=N–C) groups is 1. The third-order valence-corrected chi connectivity index (χ3v) is 2.45. The number of benzene rings is 1. The van der Waals surface area contributed by atoms with Crippen LogP contribution in [0, 0.1) is 0 Å². The lowest BCUT2D eigenvalue weighted by molar-refractivity contribution is 0.0952. The number of phenolic OH excluding ortho intramolecular Hbond substituents is 2. The summed E-state index contributed by atoms with van der Waals surface area (Å²) in [6.07, 6.45) is 0.591. The zero-order chi connectivity index (χ0) is 14.4. The largest absolute Gasteiger partial charge is 0.504 e. The van der Waals surface area contributed by atoms with E-state index in [1.807, 2.05) is 6.92 Å². The average molecular weight is 266 g/mol. The van der Waals surface area contributed by atoms with Gasteiger partial charge in [0, 0.05) is 12.1 Å². The molecule has 104 valence electrons. The molecule has 0 bridgehead atoms. The summed E-state index contributed by atoms with van der Waals surface area (Å²) in [5.74, 6) is -0.922. The van der Waals surface area contributed by atoms with Crippen LogP contribution >= 0.6 is 0 Å². The Kier molecular flexibility index (Phi) is 4.99. The second-order valence-electron chi connectivity index (χ2n) is 4.15. The van der Waals surface area contributed by atoms with Gasteiger partial charge in [-0.05, 0) is 31.5 Å². The summed E-state index contributed by atoms with van der Waals surface area (Å²) in [6.45, 7) is 2.23. The fraction of sp³-hybridized carbons (Fsp3) is 0.333. The van der Waals surface area contributed by atoms with Gasteiger partial charge in [-0.2, -0.15) is 0 Å². The quantitative estimate of drug-likeness (QED) is 0.288. The Hall–Kier alpha value is -2.44. The second kappa shape index (κ2) is 6.48. The van der Waals surface area contributed by atoms with Gasteiger partial charge in [0.15, 0.2) is 17.5 Å². The summed E-state index contributed by atoms with van der Waals surface area (Å²) >= 11 is 0. The number of hydrogen-bond acceptors (Lipinski definition) is 4. The molecule has 1 rings (SSSR count). The number of aromatic hydroxyl groups is 2. The summed E-state index contributed by atoms with van der Waals surface area (Å²) in [5.41, 5.74) is 10.7. The van der Waals surface area contributed by atoms with E-state index < -0.39 is 0 Å². The van der Waals surface area contributed by atoms with Crippen molar-refractivity contribution in [2.45, 2.75) is 19.4 Å². The molecule has 0 spiro atoms. The van der Waals surface area contributed by atoms with Gasteiger partial charge in [-0.3, -0.25) is 9.79 Å². The van der Waals surface area contributed by atoms with E-state index in [1.54, 1.807) is 0 Å². The fourth-order valence-electron chi connectivity index (χ4n) is 1.48. The van der Waals surface area contributed by atoms with E-state index in [1.165, 1.54) is 18.2 Å². The van der Waals surface area contributed by atoms with Gasteiger partial charge >= 0.3 is 0 Å². The van der Waals surface area contributed by atoms with E-state index in [0.29, 0.717) is 13.0 Å². The molecule has 7 nitrogen and oxygen atoms in total. The highest BCUT2D eigenvalue weighted by atomic mass is 16.3. The maximum atomic E-state index is 11.7. The van der Waals surface area contributed by atoms with E-state index >= 15 is 0 Å². The van der Waals surface area contributed by atoms with Crippen molar-refractivity contribution in [1.82, 2.24) is 5.32 Å². The molecule has 0 saturated heterocycles. The van der Waals surface area contributed by atoms with Crippen LogP contribution in [-0.4, -0.2) is 34.7 Å². The zero-order valence-corrected chi connectivity index (χ0v) is 10.6. The Morgan fingerprint density at radius 2 is 2.05 bits per heavy atom. The first-order chi connectivity index (χ1) is 8.90. The number of rotatable bonds is 5. The van der Waals surface area contributed by atoms with E-state index in [2.05, 4.69) is 10.3 Å². The van der Waals surface area contributed by atoms with Crippen molar-refractivity contribution < 1.29 is 15.0 Å². The van der Waals surface area contributed by atoms with Crippen LogP contribution in [-0.2, 0) is 0 Å². The number of nitrogens with zero attached hydrogens (tertiary/aromatic N) is 1. The van der Waals surface area contributed by atoms with Crippen LogP contribution in [0.4, 0.5) is 0 Å². The maximum Gasteiger partial charge on any atom is 0.251 e. The third-order valence-electron chi connectivity index (χ3n) is 2.45. The van der Waals surface area contributed by atoms with Crippen molar-refractivity contribution in [1.29, 1.82) is 0 Å². The SMILES string of the molecule is CC(CCNC(=O)c1ccc(O)c(O)c1)N=C(N)N. The van der Waals surface area contributed by atoms with Crippen molar-refractivity contribution >= 4 is 11.9 Å². The van der Waals surface area contributed by atoms with Gasteiger partial charge < -0.3 is 27.0 Å². The number of phenols is 2. The van der Waals surface area contributed by atoms with Crippen molar-refractivity contribution in [3.8, 4) is 11.5 Å². The molecule has 19 heavy (non-hydrogen) atoms. The minimum atomic E-state index is -0.341. The summed E-state index contributed by atoms with van der Waals surface area (Å²) in [7, 11) is 0. The molecular formula is C12H18N4O3. The molecule has 1 unspecified atom stereocenters. The number of guanidine groups is 1. The standard InChI is InChI=1S/C12H18N4O3/c1-7(16-12(13)14)4-5-15-11(19)8-2-3-9(17)10(18)6-8/h2-3,6-7,17-18H,4-5H2,1H3,(H,15,19)(H4,13,14,16). The molecule has 0 aliphatic heterocycles. The smallest absolute Gasteiger partial charge is 0.251 e. The molecule has 1 aromatic carbocycles. The number of nitrogens with two attached hydrogens (primary N) is 2. The molecule has 0 fully saturated rings. The third kappa shape index (κ3) is 4.74. The Labute approximate surface area is 110 Å². The first-order valence-electron chi connectivity index (χ1n) is 5.79. The summed E-state index contributed by atoms with van der Waals surface area (Å²) in [4.78, 5) is 15.6. The molecule has 0 saturated carbocycles. The van der Waals surface area contributed by atoms with Crippen LogP contribution < -0.4 is 16.8 Å². The van der Waals surface area contributed by atoms with Gasteiger partial charge in [0.05, 0.1) is 6.04 Å². The maximum absolute atomic E-state index is 11.7. The van der Waals surface area contributed by atoms with Crippen LogP contribution in [0.1, 0.15) is 23.7 Å². The van der Waals surface area contributed by atoms with Crippen molar-refractivity contribution in [3.63, 3.8) is 0 Å². The number of carbonyl (C=O) groups is 1. The predicted molar refractivity (Wildman–Crippen MR) is 72.0 cm³/mol. The molecule has 7 N–H and O–H groups in total. The van der Waals surface area contributed by atoms with Gasteiger partial charge in [0.1, 0.15) is 0 Å². The second-order valence-corrected chi connectivity index (χ2v) is 4.15. The molecule has 0 aromatic heterocycles. The van der Waals surface area contributed by atoms with Gasteiger partial charge in [-0.25, -0.2) is 0 Å². The first-order valence-corrected chi connectivity index (χ1v) is 5.79. The van der Waals surface area contributed by atoms with Crippen molar-refractivity contribution in [3.05, 3.63) is 23.8 Å². The van der Waals surface area contributed by atoms with Crippen LogP contribution in [0.3, 0.4) is 0 Å². The number of amides is 1. The Morgan fingerprint density at radius 1 is 1.37 bits per heavy atom. The number of nitrogens with one attached hydrogen (secondary N) is 1. The minimum Gasteiger partial charge on any atom is -0.504 e. The lowest BCUT2D eigenvalue weighted by Crippen LogP contribution is -2.28. The lowest BCUT2D eigenvalue weighted by Gasteiger charge is -2.09. The Morgan fingerprint density at radius 3 is 2.63 bits per heavy atom. The normalized spacial score (nSPS) is 11.6. The van der Waals surface area contributed by atoms with Gasteiger partial charge in [0.25, 0.3) is 5.91 Å². The van der Waals surface area contributed by atoms with Crippen LogP contribution in [0.25, 0.3) is 0 Å². The van der Waals surface area contributed by atoms with Crippen molar-refractivity contribution in [2.75, 3.05) is 6.54 Å². The average Bonchev–Trinajstić information content (AvgIpc) is 2.31. The highest BCUT2D eigenvalue weighted by Crippen LogP contribution is 2.24. The summed E-state index contributed by atoms with van der Waals surface area (Å²) in [6, 6.07) is 3.79. The highest BCUT2D eigenvalue weighted by Gasteiger charge is 2.09. The van der Waals surface area contributed by atoms with Crippen LogP contribution in [0.2, 0.25) is 0 Å². The van der Waals surface area contributed by atoms with Crippen LogP contribution in [0.5, 0.6) is 11.5 Å². The van der Waals surface area contributed by atoms with E-state index in [4.69, 9.17) is 16.6 Å². The van der Waals surface area contributed by atoms with E-state index in [-0.39, 0.29) is 35.0 Å². The molecule has 1 atom stereocenters. The molecule has 0 aliphatic rings. The van der Waals surface area contributed by atoms with E-state index in [0.717, 1.165) is 0 Å². The Balaban J connectivity index is 2.47. The van der Waals surface area contributed by atoms with Gasteiger partial charge in [0.2, 0.25) is 0 Å². The molecule has 1 amide bonds. The Bertz CT molecular complexity index is 484. The zero-order valence-electron chi connectivity index (χ0n) is 10.6. The van der Waals surface area contributed by atoms with E-state index in [9.17, 15) is 9.90 Å². The topological polar surface area (TPSA) is 134 Å². The molecular weight excluding hydrogens is 248 g/mol.